The minimum absolute atomic E-state index is 0.386. The molecule has 1 saturated heterocycles. The average Bonchev–Trinajstić information content (AvgIpc) is 2.47. The molecule has 76 valence electrons. The molecule has 0 aromatic heterocycles. The van der Waals surface area contributed by atoms with E-state index in [1.54, 1.807) is 0 Å². The SMILES string of the molecule is C=C(C)CC(NC)C1CCC(C)O1. The van der Waals surface area contributed by atoms with Crippen LogP contribution < -0.4 is 5.32 Å². The Kier molecular flexibility index (Phi) is 3.94. The van der Waals surface area contributed by atoms with Gasteiger partial charge in [-0.1, -0.05) is 5.57 Å². The van der Waals surface area contributed by atoms with Crippen LogP contribution >= 0.6 is 0 Å². The van der Waals surface area contributed by atoms with Crippen molar-refractivity contribution in [1.82, 2.24) is 5.32 Å². The molecule has 0 spiro atoms. The van der Waals surface area contributed by atoms with Crippen LogP contribution in [0.25, 0.3) is 0 Å². The van der Waals surface area contributed by atoms with E-state index in [2.05, 4.69) is 25.7 Å². The average molecular weight is 183 g/mol. The van der Waals surface area contributed by atoms with Crippen molar-refractivity contribution in [3.63, 3.8) is 0 Å². The standard InChI is InChI=1S/C11H21NO/c1-8(2)7-10(12-4)11-6-5-9(3)13-11/h9-12H,1,5-7H2,2-4H3. The van der Waals surface area contributed by atoms with Gasteiger partial charge in [-0.3, -0.25) is 0 Å². The van der Waals surface area contributed by atoms with E-state index in [0.29, 0.717) is 18.2 Å². The Morgan fingerprint density at radius 3 is 2.69 bits per heavy atom. The minimum atomic E-state index is 0.386. The zero-order chi connectivity index (χ0) is 9.84. The molecule has 1 rings (SSSR count). The highest BCUT2D eigenvalue weighted by Gasteiger charge is 2.28. The summed E-state index contributed by atoms with van der Waals surface area (Å²) in [5, 5.41) is 3.31. The van der Waals surface area contributed by atoms with Gasteiger partial charge in [-0.05, 0) is 40.2 Å². The maximum Gasteiger partial charge on any atom is 0.0735 e. The molecule has 1 N–H and O–H groups in total. The minimum Gasteiger partial charge on any atom is -0.374 e. The fourth-order valence-electron chi connectivity index (χ4n) is 1.92. The first-order valence-electron chi connectivity index (χ1n) is 5.10. The van der Waals surface area contributed by atoms with Gasteiger partial charge in [0.25, 0.3) is 0 Å². The van der Waals surface area contributed by atoms with E-state index in [-0.39, 0.29) is 0 Å². The highest BCUT2D eigenvalue weighted by molar-refractivity contribution is 4.96. The van der Waals surface area contributed by atoms with Crippen molar-refractivity contribution < 1.29 is 4.74 Å². The van der Waals surface area contributed by atoms with Gasteiger partial charge in [0.1, 0.15) is 0 Å². The molecule has 0 aliphatic carbocycles. The van der Waals surface area contributed by atoms with E-state index in [1.165, 1.54) is 18.4 Å². The maximum absolute atomic E-state index is 5.81. The fourth-order valence-corrected chi connectivity index (χ4v) is 1.92. The molecule has 0 saturated carbocycles. The Bertz CT molecular complexity index is 179. The van der Waals surface area contributed by atoms with Crippen LogP contribution in [0.3, 0.4) is 0 Å². The van der Waals surface area contributed by atoms with Gasteiger partial charge in [-0.25, -0.2) is 0 Å². The second kappa shape index (κ2) is 4.77. The third-order valence-electron chi connectivity index (χ3n) is 2.65. The van der Waals surface area contributed by atoms with Crippen LogP contribution in [0.4, 0.5) is 0 Å². The lowest BCUT2D eigenvalue weighted by molar-refractivity contribution is 0.0338. The number of nitrogens with one attached hydrogen (secondary N) is 1. The van der Waals surface area contributed by atoms with Crippen LogP contribution in [0, 0.1) is 0 Å². The number of rotatable bonds is 4. The molecule has 0 radical (unpaired) electrons. The monoisotopic (exact) mass is 183 g/mol. The van der Waals surface area contributed by atoms with Gasteiger partial charge in [0.05, 0.1) is 12.2 Å². The molecular weight excluding hydrogens is 162 g/mol. The van der Waals surface area contributed by atoms with Crippen LogP contribution in [0.2, 0.25) is 0 Å². The predicted molar refractivity (Wildman–Crippen MR) is 55.8 cm³/mol. The van der Waals surface area contributed by atoms with Crippen molar-refractivity contribution in [2.24, 2.45) is 0 Å². The zero-order valence-electron chi connectivity index (χ0n) is 8.97. The highest BCUT2D eigenvalue weighted by Crippen LogP contribution is 2.24. The summed E-state index contributed by atoms with van der Waals surface area (Å²) >= 11 is 0. The Hall–Kier alpha value is -0.340. The molecule has 0 amide bonds. The highest BCUT2D eigenvalue weighted by atomic mass is 16.5. The van der Waals surface area contributed by atoms with Gasteiger partial charge < -0.3 is 10.1 Å². The lowest BCUT2D eigenvalue weighted by Crippen LogP contribution is -2.37. The van der Waals surface area contributed by atoms with Gasteiger partial charge in [0.2, 0.25) is 0 Å². The van der Waals surface area contributed by atoms with Gasteiger partial charge >= 0.3 is 0 Å². The van der Waals surface area contributed by atoms with E-state index < -0.39 is 0 Å². The molecule has 1 aliphatic rings. The van der Waals surface area contributed by atoms with Crippen molar-refractivity contribution in [2.75, 3.05) is 7.05 Å². The zero-order valence-corrected chi connectivity index (χ0v) is 8.97. The molecule has 0 aromatic carbocycles. The van der Waals surface area contributed by atoms with Crippen molar-refractivity contribution in [2.45, 2.75) is 51.4 Å². The largest absolute Gasteiger partial charge is 0.374 e. The lowest BCUT2D eigenvalue weighted by atomic mass is 10.0. The van der Waals surface area contributed by atoms with E-state index in [4.69, 9.17) is 4.74 Å². The smallest absolute Gasteiger partial charge is 0.0735 e. The Balaban J connectivity index is 2.42. The van der Waals surface area contributed by atoms with Crippen molar-refractivity contribution >= 4 is 0 Å². The summed E-state index contributed by atoms with van der Waals surface area (Å²) in [5.41, 5.74) is 1.22. The van der Waals surface area contributed by atoms with Crippen molar-refractivity contribution in [3.05, 3.63) is 12.2 Å². The van der Waals surface area contributed by atoms with Crippen LogP contribution in [-0.4, -0.2) is 25.3 Å². The molecule has 13 heavy (non-hydrogen) atoms. The first-order valence-corrected chi connectivity index (χ1v) is 5.10. The summed E-state index contributed by atoms with van der Waals surface area (Å²) in [6.45, 7) is 8.16. The number of hydrogen-bond donors (Lipinski definition) is 1. The Morgan fingerprint density at radius 2 is 2.31 bits per heavy atom. The van der Waals surface area contributed by atoms with Crippen LogP contribution in [0.1, 0.15) is 33.1 Å². The molecule has 2 nitrogen and oxygen atoms in total. The molecule has 3 unspecified atom stereocenters. The lowest BCUT2D eigenvalue weighted by Gasteiger charge is -2.23. The normalized spacial score (nSPS) is 30.4. The molecule has 0 aromatic rings. The third-order valence-corrected chi connectivity index (χ3v) is 2.65. The third kappa shape index (κ3) is 3.12. The summed E-state index contributed by atoms with van der Waals surface area (Å²) in [4.78, 5) is 0. The number of likely N-dealkylation sites (N-methyl/N-ethyl adjacent to an activating group) is 1. The molecule has 1 fully saturated rings. The van der Waals surface area contributed by atoms with Gasteiger partial charge in [0, 0.05) is 6.04 Å². The molecule has 1 aliphatic heterocycles. The van der Waals surface area contributed by atoms with Gasteiger partial charge in [0.15, 0.2) is 0 Å². The van der Waals surface area contributed by atoms with Gasteiger partial charge in [-0.15, -0.1) is 6.58 Å². The Labute approximate surface area is 81.4 Å². The first kappa shape index (κ1) is 10.7. The van der Waals surface area contributed by atoms with E-state index in [1.807, 2.05) is 7.05 Å². The molecule has 0 bridgehead atoms. The number of hydrogen-bond acceptors (Lipinski definition) is 2. The van der Waals surface area contributed by atoms with E-state index >= 15 is 0 Å². The summed E-state index contributed by atoms with van der Waals surface area (Å²) < 4.78 is 5.81. The molecule has 1 heterocycles. The second-order valence-corrected chi connectivity index (χ2v) is 4.12. The summed E-state index contributed by atoms with van der Waals surface area (Å²) in [6, 6.07) is 0.447. The number of ether oxygens (including phenoxy) is 1. The van der Waals surface area contributed by atoms with Crippen molar-refractivity contribution in [1.29, 1.82) is 0 Å². The molecular formula is C11H21NO. The summed E-state index contributed by atoms with van der Waals surface area (Å²) in [7, 11) is 2.00. The van der Waals surface area contributed by atoms with Crippen LogP contribution in [0.15, 0.2) is 12.2 Å². The molecule has 3 atom stereocenters. The first-order chi connectivity index (χ1) is 6.13. The Morgan fingerprint density at radius 1 is 1.62 bits per heavy atom. The van der Waals surface area contributed by atoms with E-state index in [9.17, 15) is 0 Å². The van der Waals surface area contributed by atoms with Crippen LogP contribution in [-0.2, 0) is 4.74 Å². The van der Waals surface area contributed by atoms with E-state index in [0.717, 1.165) is 6.42 Å². The summed E-state index contributed by atoms with van der Waals surface area (Å²) in [6.07, 6.45) is 4.22. The van der Waals surface area contributed by atoms with Crippen molar-refractivity contribution in [3.8, 4) is 0 Å². The van der Waals surface area contributed by atoms with Gasteiger partial charge in [-0.2, -0.15) is 0 Å². The predicted octanol–water partition coefficient (Wildman–Crippen LogP) is 2.11. The summed E-state index contributed by atoms with van der Waals surface area (Å²) in [5.74, 6) is 0. The fraction of sp³-hybridized carbons (Fsp3) is 0.818. The van der Waals surface area contributed by atoms with Crippen LogP contribution in [0.5, 0.6) is 0 Å². The maximum atomic E-state index is 5.81. The molecule has 2 heteroatoms. The topological polar surface area (TPSA) is 21.3 Å². The quantitative estimate of drug-likeness (QED) is 0.674. The second-order valence-electron chi connectivity index (χ2n) is 4.12.